The summed E-state index contributed by atoms with van der Waals surface area (Å²) in [4.78, 5) is 24.6. The Bertz CT molecular complexity index is 269. The van der Waals surface area contributed by atoms with Crippen LogP contribution in [0.2, 0.25) is 0 Å². The zero-order valence-electron chi connectivity index (χ0n) is 12.1. The lowest BCUT2D eigenvalue weighted by molar-refractivity contribution is -0.140. The van der Waals surface area contributed by atoms with Crippen LogP contribution in [0, 0.1) is 0 Å². The summed E-state index contributed by atoms with van der Waals surface area (Å²) in [6, 6.07) is 0.257. The fraction of sp³-hybridized carbons (Fsp3) is 0.846. The lowest BCUT2D eigenvalue weighted by atomic mass is 10.2. The Labute approximate surface area is 115 Å². The van der Waals surface area contributed by atoms with Gasteiger partial charge in [-0.05, 0) is 26.7 Å². The predicted octanol–water partition coefficient (Wildman–Crippen LogP) is 0.149. The van der Waals surface area contributed by atoms with Gasteiger partial charge in [0.2, 0.25) is 5.91 Å². The highest BCUT2D eigenvalue weighted by molar-refractivity contribution is 5.78. The molecule has 6 nitrogen and oxygen atoms in total. The van der Waals surface area contributed by atoms with E-state index in [2.05, 4.69) is 10.1 Å². The van der Waals surface area contributed by atoms with Gasteiger partial charge in [-0.15, -0.1) is 0 Å². The number of hydrogen-bond acceptors (Lipinski definition) is 5. The molecule has 0 aliphatic carbocycles. The van der Waals surface area contributed by atoms with Crippen LogP contribution in [0.5, 0.6) is 0 Å². The molecule has 0 aliphatic heterocycles. The fourth-order valence-corrected chi connectivity index (χ4v) is 1.60. The van der Waals surface area contributed by atoms with Crippen LogP contribution >= 0.6 is 0 Å². The van der Waals surface area contributed by atoms with Crippen molar-refractivity contribution in [3.05, 3.63) is 0 Å². The maximum Gasteiger partial charge on any atom is 0.305 e. The standard InChI is InChI=1S/C13H26N2O4/c1-11(2)15(8-5-9-16)10-12(17)14-7-4-6-13(18)19-3/h11,16H,4-10H2,1-3H3,(H,14,17). The van der Waals surface area contributed by atoms with Crippen LogP contribution in [0.15, 0.2) is 0 Å². The molecule has 0 saturated heterocycles. The molecule has 0 bridgehead atoms. The first kappa shape index (κ1) is 17.9. The van der Waals surface area contributed by atoms with Gasteiger partial charge in [-0.25, -0.2) is 0 Å². The lowest BCUT2D eigenvalue weighted by Gasteiger charge is -2.25. The lowest BCUT2D eigenvalue weighted by Crippen LogP contribution is -2.41. The molecule has 0 unspecified atom stereocenters. The normalized spacial score (nSPS) is 10.8. The molecular formula is C13H26N2O4. The van der Waals surface area contributed by atoms with Crippen molar-refractivity contribution in [1.29, 1.82) is 0 Å². The highest BCUT2D eigenvalue weighted by atomic mass is 16.5. The van der Waals surface area contributed by atoms with E-state index < -0.39 is 0 Å². The van der Waals surface area contributed by atoms with Gasteiger partial charge in [0.05, 0.1) is 13.7 Å². The molecule has 19 heavy (non-hydrogen) atoms. The van der Waals surface area contributed by atoms with Crippen LogP contribution in [0.3, 0.4) is 0 Å². The van der Waals surface area contributed by atoms with Crippen molar-refractivity contribution in [3.8, 4) is 0 Å². The van der Waals surface area contributed by atoms with Crippen LogP contribution < -0.4 is 5.32 Å². The van der Waals surface area contributed by atoms with Crippen LogP contribution in [0.25, 0.3) is 0 Å². The van der Waals surface area contributed by atoms with Crippen molar-refractivity contribution in [3.63, 3.8) is 0 Å². The second-order valence-electron chi connectivity index (χ2n) is 4.67. The molecule has 0 heterocycles. The van der Waals surface area contributed by atoms with Crippen molar-refractivity contribution in [2.45, 2.75) is 39.2 Å². The van der Waals surface area contributed by atoms with E-state index in [4.69, 9.17) is 5.11 Å². The number of methoxy groups -OCH3 is 1. The quantitative estimate of drug-likeness (QED) is 0.438. The first-order chi connectivity index (χ1) is 9.01. The average molecular weight is 274 g/mol. The molecule has 0 fully saturated rings. The first-order valence-corrected chi connectivity index (χ1v) is 6.69. The molecule has 0 saturated carbocycles. The van der Waals surface area contributed by atoms with Crippen molar-refractivity contribution < 1.29 is 19.4 Å². The maximum absolute atomic E-state index is 11.7. The highest BCUT2D eigenvalue weighted by Gasteiger charge is 2.13. The minimum atomic E-state index is -0.263. The highest BCUT2D eigenvalue weighted by Crippen LogP contribution is 1.99. The SMILES string of the molecule is COC(=O)CCCNC(=O)CN(CCCO)C(C)C. The number of ether oxygens (including phenoxy) is 1. The third-order valence-electron chi connectivity index (χ3n) is 2.79. The Balaban J connectivity index is 3.83. The summed E-state index contributed by atoms with van der Waals surface area (Å²) in [5.74, 6) is -0.322. The minimum absolute atomic E-state index is 0.0588. The van der Waals surface area contributed by atoms with E-state index in [1.165, 1.54) is 7.11 Å². The largest absolute Gasteiger partial charge is 0.469 e. The van der Waals surface area contributed by atoms with Crippen molar-refractivity contribution in [1.82, 2.24) is 10.2 Å². The van der Waals surface area contributed by atoms with Gasteiger partial charge in [-0.3, -0.25) is 14.5 Å². The molecule has 1 amide bonds. The van der Waals surface area contributed by atoms with Crippen LogP contribution in [0.1, 0.15) is 33.1 Å². The number of nitrogens with zero attached hydrogens (tertiary/aromatic N) is 1. The first-order valence-electron chi connectivity index (χ1n) is 6.69. The number of amides is 1. The molecule has 0 aromatic heterocycles. The second kappa shape index (κ2) is 10.8. The van der Waals surface area contributed by atoms with E-state index in [0.29, 0.717) is 38.9 Å². The second-order valence-corrected chi connectivity index (χ2v) is 4.67. The summed E-state index contributed by atoms with van der Waals surface area (Å²) in [5.41, 5.74) is 0. The molecule has 0 spiro atoms. The van der Waals surface area contributed by atoms with E-state index in [1.54, 1.807) is 0 Å². The smallest absolute Gasteiger partial charge is 0.305 e. The summed E-state index contributed by atoms with van der Waals surface area (Å²) in [5, 5.41) is 11.6. The average Bonchev–Trinajstić information content (AvgIpc) is 2.38. The Morgan fingerprint density at radius 2 is 2.00 bits per heavy atom. The van der Waals surface area contributed by atoms with E-state index in [9.17, 15) is 9.59 Å². The molecule has 0 radical (unpaired) electrons. The van der Waals surface area contributed by atoms with Gasteiger partial charge in [0.25, 0.3) is 0 Å². The maximum atomic E-state index is 11.7. The predicted molar refractivity (Wildman–Crippen MR) is 72.7 cm³/mol. The number of carbonyl (C=O) groups excluding carboxylic acids is 2. The van der Waals surface area contributed by atoms with E-state index in [0.717, 1.165) is 0 Å². The van der Waals surface area contributed by atoms with Gasteiger partial charge < -0.3 is 15.2 Å². The summed E-state index contributed by atoms with van der Waals surface area (Å²) < 4.78 is 4.51. The number of rotatable bonds is 10. The number of carbonyl (C=O) groups is 2. The molecule has 0 rings (SSSR count). The molecular weight excluding hydrogens is 248 g/mol. The van der Waals surface area contributed by atoms with Crippen LogP contribution in [0.4, 0.5) is 0 Å². The van der Waals surface area contributed by atoms with Crippen molar-refractivity contribution in [2.24, 2.45) is 0 Å². The summed E-state index contributed by atoms with van der Waals surface area (Å²) >= 11 is 0. The third-order valence-corrected chi connectivity index (χ3v) is 2.79. The monoisotopic (exact) mass is 274 g/mol. The van der Waals surface area contributed by atoms with Crippen molar-refractivity contribution in [2.75, 3.05) is 33.4 Å². The number of aliphatic hydroxyl groups is 1. The van der Waals surface area contributed by atoms with Gasteiger partial charge >= 0.3 is 5.97 Å². The number of nitrogens with one attached hydrogen (secondary N) is 1. The summed E-state index contributed by atoms with van der Waals surface area (Å²) in [6.45, 7) is 5.65. The van der Waals surface area contributed by atoms with Crippen molar-refractivity contribution >= 4 is 11.9 Å². The zero-order chi connectivity index (χ0) is 14.7. The Kier molecular flexibility index (Phi) is 10.1. The minimum Gasteiger partial charge on any atom is -0.469 e. The van der Waals surface area contributed by atoms with E-state index >= 15 is 0 Å². The number of aliphatic hydroxyl groups excluding tert-OH is 1. The van der Waals surface area contributed by atoms with Crippen LogP contribution in [-0.2, 0) is 14.3 Å². The third kappa shape index (κ3) is 9.44. The Morgan fingerprint density at radius 3 is 2.53 bits per heavy atom. The summed E-state index contributed by atoms with van der Waals surface area (Å²) in [7, 11) is 1.35. The molecule has 112 valence electrons. The molecule has 0 aliphatic rings. The Morgan fingerprint density at radius 1 is 1.32 bits per heavy atom. The fourth-order valence-electron chi connectivity index (χ4n) is 1.60. The summed E-state index contributed by atoms with van der Waals surface area (Å²) in [6.07, 6.45) is 1.56. The number of esters is 1. The zero-order valence-corrected chi connectivity index (χ0v) is 12.1. The van der Waals surface area contributed by atoms with E-state index in [-0.39, 0.29) is 24.5 Å². The molecule has 0 aromatic carbocycles. The Hall–Kier alpha value is -1.14. The van der Waals surface area contributed by atoms with Gasteiger partial charge in [0.15, 0.2) is 0 Å². The van der Waals surface area contributed by atoms with Gasteiger partial charge in [-0.1, -0.05) is 0 Å². The van der Waals surface area contributed by atoms with E-state index in [1.807, 2.05) is 18.7 Å². The molecule has 2 N–H and O–H groups in total. The van der Waals surface area contributed by atoms with Crippen LogP contribution in [-0.4, -0.2) is 61.3 Å². The molecule has 6 heteroatoms. The van der Waals surface area contributed by atoms with Gasteiger partial charge in [0.1, 0.15) is 0 Å². The van der Waals surface area contributed by atoms with Gasteiger partial charge in [0, 0.05) is 32.2 Å². The topological polar surface area (TPSA) is 78.9 Å². The number of hydrogen-bond donors (Lipinski definition) is 2. The molecule has 0 aromatic rings. The molecule has 0 atom stereocenters. The van der Waals surface area contributed by atoms with Gasteiger partial charge in [-0.2, -0.15) is 0 Å².